The van der Waals surface area contributed by atoms with Crippen LogP contribution in [0.15, 0.2) is 30.6 Å². The number of hydrogen-bond acceptors (Lipinski definition) is 3. The van der Waals surface area contributed by atoms with E-state index in [0.717, 1.165) is 16.5 Å². The number of nitrogens with one attached hydrogen (secondary N) is 2. The molecule has 0 aliphatic rings. The molecule has 3 rings (SSSR count). The van der Waals surface area contributed by atoms with E-state index < -0.39 is 5.97 Å². The van der Waals surface area contributed by atoms with Gasteiger partial charge in [-0.15, -0.1) is 0 Å². The first-order valence-corrected chi connectivity index (χ1v) is 4.96. The van der Waals surface area contributed by atoms with Crippen molar-refractivity contribution < 1.29 is 9.90 Å². The summed E-state index contributed by atoms with van der Waals surface area (Å²) in [6, 6.07) is 5.57. The lowest BCUT2D eigenvalue weighted by atomic mass is 10.1. The van der Waals surface area contributed by atoms with Gasteiger partial charge in [0.25, 0.3) is 0 Å². The van der Waals surface area contributed by atoms with Crippen LogP contribution in [0.25, 0.3) is 22.2 Å². The van der Waals surface area contributed by atoms with Gasteiger partial charge in [-0.1, -0.05) is 18.2 Å². The summed E-state index contributed by atoms with van der Waals surface area (Å²) in [5, 5.41) is 23.2. The van der Waals surface area contributed by atoms with Gasteiger partial charge >= 0.3 is 5.97 Å². The average Bonchev–Trinajstić information content (AvgIpc) is 2.97. The van der Waals surface area contributed by atoms with E-state index in [1.165, 1.54) is 6.20 Å². The topological polar surface area (TPSA) is 94.7 Å². The number of benzene rings is 1. The van der Waals surface area contributed by atoms with Gasteiger partial charge in [0.2, 0.25) is 0 Å². The molecule has 0 aliphatic carbocycles. The van der Waals surface area contributed by atoms with Crippen molar-refractivity contribution in [2.75, 3.05) is 0 Å². The Bertz CT molecular complexity index is 698. The minimum Gasteiger partial charge on any atom is -0.478 e. The summed E-state index contributed by atoms with van der Waals surface area (Å²) < 4.78 is 0. The highest BCUT2D eigenvalue weighted by molar-refractivity contribution is 6.00. The number of aromatic carboxylic acids is 1. The molecule has 0 unspecified atom stereocenters. The quantitative estimate of drug-likeness (QED) is 0.621. The molecular weight excluding hydrogens is 220 g/mol. The number of rotatable bonds is 2. The highest BCUT2D eigenvalue weighted by Crippen LogP contribution is 2.27. The number of para-hydroxylation sites is 1. The lowest BCUT2D eigenvalue weighted by molar-refractivity contribution is 0.0698. The molecular formula is C11H8N4O2. The summed E-state index contributed by atoms with van der Waals surface area (Å²) >= 11 is 0. The third kappa shape index (κ3) is 1.38. The predicted octanol–water partition coefficient (Wildman–Crippen LogP) is 1.65. The third-order valence-electron chi connectivity index (χ3n) is 2.62. The molecule has 0 saturated heterocycles. The average molecular weight is 228 g/mol. The van der Waals surface area contributed by atoms with Crippen molar-refractivity contribution in [1.82, 2.24) is 20.4 Å². The Hall–Kier alpha value is -2.63. The van der Waals surface area contributed by atoms with Crippen LogP contribution >= 0.6 is 0 Å². The van der Waals surface area contributed by atoms with Crippen LogP contribution in [0.4, 0.5) is 0 Å². The third-order valence-corrected chi connectivity index (χ3v) is 2.62. The minimum atomic E-state index is -1.01. The molecule has 6 heteroatoms. The van der Waals surface area contributed by atoms with Crippen LogP contribution in [-0.4, -0.2) is 31.5 Å². The molecule has 6 nitrogen and oxygen atoms in total. The first-order chi connectivity index (χ1) is 8.27. The molecule has 3 N–H and O–H groups in total. The Labute approximate surface area is 95.3 Å². The second-order valence-corrected chi connectivity index (χ2v) is 3.60. The van der Waals surface area contributed by atoms with Gasteiger partial charge in [0, 0.05) is 10.9 Å². The molecule has 0 fully saturated rings. The SMILES string of the molecule is O=C(O)c1cn[nH]c1-c1cccc2cn[nH]c12. The highest BCUT2D eigenvalue weighted by atomic mass is 16.4. The van der Waals surface area contributed by atoms with Gasteiger partial charge in [0.05, 0.1) is 23.6 Å². The van der Waals surface area contributed by atoms with Crippen molar-refractivity contribution in [2.45, 2.75) is 0 Å². The first kappa shape index (κ1) is 9.59. The number of H-pyrrole nitrogens is 2. The van der Waals surface area contributed by atoms with Crippen molar-refractivity contribution in [3.8, 4) is 11.3 Å². The van der Waals surface area contributed by atoms with Crippen molar-refractivity contribution in [2.24, 2.45) is 0 Å². The second kappa shape index (κ2) is 3.44. The van der Waals surface area contributed by atoms with E-state index in [1.54, 1.807) is 6.20 Å². The van der Waals surface area contributed by atoms with Gasteiger partial charge in [0.1, 0.15) is 5.56 Å². The summed E-state index contributed by atoms with van der Waals surface area (Å²) in [5.41, 5.74) is 2.16. The largest absolute Gasteiger partial charge is 0.478 e. The van der Waals surface area contributed by atoms with E-state index in [0.29, 0.717) is 5.69 Å². The predicted molar refractivity (Wildman–Crippen MR) is 60.6 cm³/mol. The summed E-state index contributed by atoms with van der Waals surface area (Å²) in [4.78, 5) is 11.0. The molecule has 1 aromatic carbocycles. The number of nitrogens with zero attached hydrogens (tertiary/aromatic N) is 2. The first-order valence-electron chi connectivity index (χ1n) is 4.96. The van der Waals surface area contributed by atoms with Crippen molar-refractivity contribution in [3.05, 3.63) is 36.2 Å². The second-order valence-electron chi connectivity index (χ2n) is 3.60. The number of aromatic nitrogens is 4. The summed E-state index contributed by atoms with van der Waals surface area (Å²) in [7, 11) is 0. The van der Waals surface area contributed by atoms with Gasteiger partial charge in [-0.05, 0) is 0 Å². The standard InChI is InChI=1S/C11H8N4O2/c16-11(17)8-5-13-15-10(8)7-3-1-2-6-4-12-14-9(6)7/h1-5H,(H,12,14)(H,13,15)(H,16,17). The Morgan fingerprint density at radius 3 is 2.82 bits per heavy atom. The molecule has 2 aromatic heterocycles. The van der Waals surface area contributed by atoms with Crippen LogP contribution in [0.3, 0.4) is 0 Å². The molecule has 0 radical (unpaired) electrons. The lowest BCUT2D eigenvalue weighted by Gasteiger charge is -2.01. The van der Waals surface area contributed by atoms with E-state index >= 15 is 0 Å². The van der Waals surface area contributed by atoms with Gasteiger partial charge in [0.15, 0.2) is 0 Å². The Balaban J connectivity index is 2.30. The Kier molecular flexibility index (Phi) is 1.94. The molecule has 0 atom stereocenters. The van der Waals surface area contributed by atoms with Crippen LogP contribution in [0.1, 0.15) is 10.4 Å². The maximum absolute atomic E-state index is 11.0. The molecule has 0 spiro atoms. The fourth-order valence-electron chi connectivity index (χ4n) is 1.83. The number of carboxylic acids is 1. The molecule has 2 heterocycles. The Morgan fingerprint density at radius 1 is 1.18 bits per heavy atom. The normalized spacial score (nSPS) is 10.8. The summed E-state index contributed by atoms with van der Waals surface area (Å²) in [6.07, 6.45) is 2.99. The van der Waals surface area contributed by atoms with Crippen LogP contribution in [0.5, 0.6) is 0 Å². The minimum absolute atomic E-state index is 0.145. The molecule has 0 aliphatic heterocycles. The smallest absolute Gasteiger partial charge is 0.339 e. The molecule has 17 heavy (non-hydrogen) atoms. The molecule has 3 aromatic rings. The lowest BCUT2D eigenvalue weighted by Crippen LogP contribution is -1.97. The van der Waals surface area contributed by atoms with Crippen molar-refractivity contribution in [3.63, 3.8) is 0 Å². The van der Waals surface area contributed by atoms with Crippen LogP contribution in [0.2, 0.25) is 0 Å². The van der Waals surface area contributed by atoms with Gasteiger partial charge < -0.3 is 5.11 Å². The van der Waals surface area contributed by atoms with Gasteiger partial charge in [-0.25, -0.2) is 4.79 Å². The monoisotopic (exact) mass is 228 g/mol. The summed E-state index contributed by atoms with van der Waals surface area (Å²) in [5.74, 6) is -1.01. The summed E-state index contributed by atoms with van der Waals surface area (Å²) in [6.45, 7) is 0. The van der Waals surface area contributed by atoms with Crippen molar-refractivity contribution in [1.29, 1.82) is 0 Å². The zero-order valence-electron chi connectivity index (χ0n) is 8.64. The van der Waals surface area contributed by atoms with Crippen molar-refractivity contribution >= 4 is 16.9 Å². The van der Waals surface area contributed by atoms with Crippen LogP contribution in [0, 0.1) is 0 Å². The number of hydrogen-bond donors (Lipinski definition) is 3. The number of fused-ring (bicyclic) bond motifs is 1. The van der Waals surface area contributed by atoms with E-state index in [-0.39, 0.29) is 5.56 Å². The van der Waals surface area contributed by atoms with Gasteiger partial charge in [-0.3, -0.25) is 10.2 Å². The number of carboxylic acid groups (broad SMARTS) is 1. The molecule has 0 amide bonds. The zero-order valence-corrected chi connectivity index (χ0v) is 8.64. The van der Waals surface area contributed by atoms with Gasteiger partial charge in [-0.2, -0.15) is 10.2 Å². The molecule has 84 valence electrons. The Morgan fingerprint density at radius 2 is 2.00 bits per heavy atom. The van der Waals surface area contributed by atoms with E-state index in [2.05, 4.69) is 20.4 Å². The molecule has 0 saturated carbocycles. The van der Waals surface area contributed by atoms with E-state index in [9.17, 15) is 4.79 Å². The fraction of sp³-hybridized carbons (Fsp3) is 0. The van der Waals surface area contributed by atoms with Crippen LogP contribution < -0.4 is 0 Å². The van der Waals surface area contributed by atoms with Crippen LogP contribution in [-0.2, 0) is 0 Å². The van der Waals surface area contributed by atoms with E-state index in [4.69, 9.17) is 5.11 Å². The number of aromatic amines is 2. The maximum Gasteiger partial charge on any atom is 0.339 e. The highest BCUT2D eigenvalue weighted by Gasteiger charge is 2.16. The zero-order chi connectivity index (χ0) is 11.8. The molecule has 0 bridgehead atoms. The van der Waals surface area contributed by atoms with E-state index in [1.807, 2.05) is 18.2 Å². The maximum atomic E-state index is 11.0. The fourth-order valence-corrected chi connectivity index (χ4v) is 1.83. The number of carbonyl (C=O) groups is 1.